The number of benzene rings is 1. The summed E-state index contributed by atoms with van der Waals surface area (Å²) in [4.78, 5) is 0. The first kappa shape index (κ1) is 9.07. The molecule has 0 fully saturated rings. The van der Waals surface area contributed by atoms with E-state index >= 15 is 0 Å². The fraction of sp³-hybridized carbons (Fsp3) is 0.400. The van der Waals surface area contributed by atoms with Crippen molar-refractivity contribution in [2.24, 2.45) is 5.73 Å². The molecule has 0 aliphatic heterocycles. The first-order chi connectivity index (χ1) is 5.56. The minimum Gasteiger partial charge on any atom is -0.508 e. The van der Waals surface area contributed by atoms with Gasteiger partial charge in [0.25, 0.3) is 0 Å². The molecule has 0 aliphatic carbocycles. The normalized spacial score (nSPS) is 15.6. The van der Waals surface area contributed by atoms with Gasteiger partial charge in [0.05, 0.1) is 0 Å². The van der Waals surface area contributed by atoms with Crippen LogP contribution in [0.1, 0.15) is 25.8 Å². The van der Waals surface area contributed by atoms with E-state index in [1.807, 2.05) is 26.0 Å². The van der Waals surface area contributed by atoms with Crippen molar-refractivity contribution in [3.05, 3.63) is 29.8 Å². The van der Waals surface area contributed by atoms with Crippen molar-refractivity contribution in [3.63, 3.8) is 0 Å². The predicted molar refractivity (Wildman–Crippen MR) is 49.9 cm³/mol. The third-order valence-corrected chi connectivity index (χ3v) is 2.26. The van der Waals surface area contributed by atoms with Crippen LogP contribution in [0.4, 0.5) is 0 Å². The highest BCUT2D eigenvalue weighted by atomic mass is 16.3. The molecule has 0 saturated carbocycles. The van der Waals surface area contributed by atoms with Gasteiger partial charge in [-0.25, -0.2) is 0 Å². The molecule has 0 heterocycles. The summed E-state index contributed by atoms with van der Waals surface area (Å²) >= 11 is 0. The summed E-state index contributed by atoms with van der Waals surface area (Å²) in [5.41, 5.74) is 6.78. The summed E-state index contributed by atoms with van der Waals surface area (Å²) in [5.74, 6) is 0.283. The van der Waals surface area contributed by atoms with Crippen LogP contribution in [0.2, 0.25) is 0 Å². The van der Waals surface area contributed by atoms with Gasteiger partial charge in [0.1, 0.15) is 5.75 Å². The maximum absolute atomic E-state index is 9.05. The summed E-state index contributed by atoms with van der Waals surface area (Å²) in [7, 11) is 0. The monoisotopic (exact) mass is 165 g/mol. The fourth-order valence-electron chi connectivity index (χ4n) is 1.05. The van der Waals surface area contributed by atoms with Crippen LogP contribution >= 0.6 is 0 Å². The summed E-state index contributed by atoms with van der Waals surface area (Å²) in [6.07, 6.45) is 0.887. The van der Waals surface area contributed by atoms with Gasteiger partial charge in [-0.3, -0.25) is 0 Å². The van der Waals surface area contributed by atoms with Gasteiger partial charge >= 0.3 is 0 Å². The zero-order valence-corrected chi connectivity index (χ0v) is 7.54. The van der Waals surface area contributed by atoms with Crippen LogP contribution in [0.3, 0.4) is 0 Å². The maximum atomic E-state index is 9.05. The van der Waals surface area contributed by atoms with E-state index in [0.717, 1.165) is 12.0 Å². The van der Waals surface area contributed by atoms with Crippen LogP contribution in [0.15, 0.2) is 24.3 Å². The molecular formula is C10H15NO. The van der Waals surface area contributed by atoms with Crippen LogP contribution in [0.5, 0.6) is 5.75 Å². The lowest BCUT2D eigenvalue weighted by molar-refractivity contribution is 0.464. The van der Waals surface area contributed by atoms with Crippen molar-refractivity contribution in [2.75, 3.05) is 0 Å². The molecule has 3 N–H and O–H groups in total. The van der Waals surface area contributed by atoms with E-state index in [9.17, 15) is 0 Å². The Balaban J connectivity index is 2.96. The SMILES string of the molecule is CCC(C)(N)c1ccc(O)cc1. The Morgan fingerprint density at radius 1 is 1.33 bits per heavy atom. The fourth-order valence-corrected chi connectivity index (χ4v) is 1.05. The lowest BCUT2D eigenvalue weighted by Crippen LogP contribution is -2.31. The average molecular weight is 165 g/mol. The Bertz CT molecular complexity index is 251. The van der Waals surface area contributed by atoms with E-state index in [4.69, 9.17) is 10.8 Å². The van der Waals surface area contributed by atoms with E-state index in [1.54, 1.807) is 12.1 Å². The van der Waals surface area contributed by atoms with Crippen LogP contribution in [0.25, 0.3) is 0 Å². The van der Waals surface area contributed by atoms with Gasteiger partial charge in [0.2, 0.25) is 0 Å². The van der Waals surface area contributed by atoms with Gasteiger partial charge in [0.15, 0.2) is 0 Å². The molecule has 1 rings (SSSR count). The standard InChI is InChI=1S/C10H15NO/c1-3-10(2,11)8-4-6-9(12)7-5-8/h4-7,12H,3,11H2,1-2H3. The summed E-state index contributed by atoms with van der Waals surface area (Å²) in [6, 6.07) is 7.05. The van der Waals surface area contributed by atoms with Gasteiger partial charge in [-0.05, 0) is 31.0 Å². The molecule has 0 bridgehead atoms. The second-order valence-electron chi connectivity index (χ2n) is 3.32. The highest BCUT2D eigenvalue weighted by Gasteiger charge is 2.17. The lowest BCUT2D eigenvalue weighted by atomic mass is 9.91. The van der Waals surface area contributed by atoms with E-state index in [0.29, 0.717) is 0 Å². The number of hydrogen-bond acceptors (Lipinski definition) is 2. The second kappa shape index (κ2) is 3.15. The third kappa shape index (κ3) is 1.77. The molecule has 0 spiro atoms. The van der Waals surface area contributed by atoms with Crippen LogP contribution in [-0.2, 0) is 5.54 Å². The summed E-state index contributed by atoms with van der Waals surface area (Å²) < 4.78 is 0. The average Bonchev–Trinajstić information content (AvgIpc) is 2.05. The quantitative estimate of drug-likeness (QED) is 0.703. The number of phenolic OH excluding ortho intramolecular Hbond substituents is 1. The van der Waals surface area contributed by atoms with Gasteiger partial charge in [-0.1, -0.05) is 19.1 Å². The molecule has 0 saturated heterocycles. The van der Waals surface area contributed by atoms with Gasteiger partial charge < -0.3 is 10.8 Å². The number of aromatic hydroxyl groups is 1. The van der Waals surface area contributed by atoms with E-state index in [1.165, 1.54) is 0 Å². The highest BCUT2D eigenvalue weighted by Crippen LogP contribution is 2.22. The van der Waals surface area contributed by atoms with Gasteiger partial charge in [-0.2, -0.15) is 0 Å². The predicted octanol–water partition coefficient (Wildman–Crippen LogP) is 1.98. The van der Waals surface area contributed by atoms with E-state index < -0.39 is 0 Å². The molecule has 1 aromatic carbocycles. The molecule has 0 aliphatic rings. The van der Waals surface area contributed by atoms with Gasteiger partial charge in [-0.15, -0.1) is 0 Å². The Morgan fingerprint density at radius 2 is 1.83 bits per heavy atom. The van der Waals surface area contributed by atoms with Gasteiger partial charge in [0, 0.05) is 5.54 Å². The third-order valence-electron chi connectivity index (χ3n) is 2.26. The highest BCUT2D eigenvalue weighted by molar-refractivity contribution is 5.30. The number of nitrogens with two attached hydrogens (primary N) is 1. The Kier molecular flexibility index (Phi) is 2.38. The van der Waals surface area contributed by atoms with Crippen LogP contribution < -0.4 is 5.73 Å². The van der Waals surface area contributed by atoms with Crippen molar-refractivity contribution < 1.29 is 5.11 Å². The Hall–Kier alpha value is -1.02. The molecule has 1 atom stereocenters. The van der Waals surface area contributed by atoms with Crippen LogP contribution in [-0.4, -0.2) is 5.11 Å². The first-order valence-electron chi connectivity index (χ1n) is 4.14. The molecule has 2 nitrogen and oxygen atoms in total. The molecule has 0 aromatic heterocycles. The van der Waals surface area contributed by atoms with Crippen molar-refractivity contribution >= 4 is 0 Å². The van der Waals surface area contributed by atoms with E-state index in [-0.39, 0.29) is 11.3 Å². The Morgan fingerprint density at radius 3 is 2.25 bits per heavy atom. The van der Waals surface area contributed by atoms with Crippen molar-refractivity contribution in [2.45, 2.75) is 25.8 Å². The van der Waals surface area contributed by atoms with Crippen LogP contribution in [0, 0.1) is 0 Å². The zero-order valence-electron chi connectivity index (χ0n) is 7.54. The number of phenols is 1. The maximum Gasteiger partial charge on any atom is 0.115 e. The largest absolute Gasteiger partial charge is 0.508 e. The Labute approximate surface area is 73.0 Å². The molecule has 66 valence electrons. The smallest absolute Gasteiger partial charge is 0.115 e. The molecule has 0 radical (unpaired) electrons. The molecular weight excluding hydrogens is 150 g/mol. The minimum atomic E-state index is -0.284. The molecule has 1 unspecified atom stereocenters. The van der Waals surface area contributed by atoms with Crippen molar-refractivity contribution in [3.8, 4) is 5.75 Å². The molecule has 12 heavy (non-hydrogen) atoms. The van der Waals surface area contributed by atoms with E-state index in [2.05, 4.69) is 0 Å². The topological polar surface area (TPSA) is 46.2 Å². The minimum absolute atomic E-state index is 0.283. The summed E-state index contributed by atoms with van der Waals surface area (Å²) in [5, 5.41) is 9.05. The van der Waals surface area contributed by atoms with Crippen molar-refractivity contribution in [1.82, 2.24) is 0 Å². The zero-order chi connectivity index (χ0) is 9.19. The number of hydrogen-bond donors (Lipinski definition) is 2. The molecule has 2 heteroatoms. The number of rotatable bonds is 2. The first-order valence-corrected chi connectivity index (χ1v) is 4.14. The summed E-state index contributed by atoms with van der Waals surface area (Å²) in [6.45, 7) is 4.03. The molecule has 1 aromatic rings. The van der Waals surface area contributed by atoms with Crippen molar-refractivity contribution in [1.29, 1.82) is 0 Å². The molecule has 0 amide bonds. The lowest BCUT2D eigenvalue weighted by Gasteiger charge is -2.23. The second-order valence-corrected chi connectivity index (χ2v) is 3.32.